The van der Waals surface area contributed by atoms with E-state index in [1.807, 2.05) is 13.0 Å². The third kappa shape index (κ3) is 4.43. The lowest BCUT2D eigenvalue weighted by molar-refractivity contribution is 0.0762. The minimum Gasteiger partial charge on any atom is -0.339 e. The molecule has 2 aromatic rings. The van der Waals surface area contributed by atoms with Gasteiger partial charge in [-0.05, 0) is 43.7 Å². The number of carbonyl (C=O) groups excluding carboxylic acids is 1. The van der Waals surface area contributed by atoms with Crippen molar-refractivity contribution in [3.05, 3.63) is 60.2 Å². The lowest BCUT2D eigenvalue weighted by Gasteiger charge is -2.22. The maximum absolute atomic E-state index is 12.9. The van der Waals surface area contributed by atoms with E-state index >= 15 is 0 Å². The van der Waals surface area contributed by atoms with E-state index in [4.69, 9.17) is 0 Å². The maximum atomic E-state index is 12.9. The summed E-state index contributed by atoms with van der Waals surface area (Å²) in [5.41, 5.74) is 0.966. The topological polar surface area (TPSA) is 57.7 Å². The minimum atomic E-state index is -3.73. The Hall–Kier alpha value is -2.34. The van der Waals surface area contributed by atoms with Crippen LogP contribution >= 0.6 is 0 Å². The molecule has 0 unspecified atom stereocenters. The molecule has 140 valence electrons. The largest absolute Gasteiger partial charge is 0.339 e. The molecule has 1 amide bonds. The molecule has 0 aliphatic rings. The van der Waals surface area contributed by atoms with Gasteiger partial charge in [0.2, 0.25) is 0 Å². The van der Waals surface area contributed by atoms with Crippen LogP contribution in [0.25, 0.3) is 0 Å². The van der Waals surface area contributed by atoms with E-state index < -0.39 is 10.0 Å². The van der Waals surface area contributed by atoms with E-state index in [-0.39, 0.29) is 10.8 Å². The van der Waals surface area contributed by atoms with E-state index in [0.29, 0.717) is 24.3 Å². The van der Waals surface area contributed by atoms with Crippen LogP contribution in [-0.2, 0) is 10.0 Å². The van der Waals surface area contributed by atoms with Crippen LogP contribution < -0.4 is 4.31 Å². The molecule has 0 aromatic heterocycles. The first-order valence-electron chi connectivity index (χ1n) is 8.85. The van der Waals surface area contributed by atoms with Crippen LogP contribution in [-0.4, -0.2) is 39.4 Å². The lowest BCUT2D eigenvalue weighted by atomic mass is 10.2. The average molecular weight is 375 g/mol. The Balaban J connectivity index is 2.31. The van der Waals surface area contributed by atoms with Gasteiger partial charge >= 0.3 is 0 Å². The summed E-state index contributed by atoms with van der Waals surface area (Å²) in [6.07, 6.45) is 1.92. The summed E-state index contributed by atoms with van der Waals surface area (Å²) in [5, 5.41) is 0. The van der Waals surface area contributed by atoms with Crippen LogP contribution in [0, 0.1) is 0 Å². The van der Waals surface area contributed by atoms with Crippen LogP contribution in [0.3, 0.4) is 0 Å². The predicted molar refractivity (Wildman–Crippen MR) is 105 cm³/mol. The summed E-state index contributed by atoms with van der Waals surface area (Å²) in [4.78, 5) is 14.6. The fourth-order valence-electron chi connectivity index (χ4n) is 2.66. The predicted octanol–water partition coefficient (Wildman–Crippen LogP) is 3.77. The van der Waals surface area contributed by atoms with Gasteiger partial charge in [0, 0.05) is 25.7 Å². The molecule has 0 saturated heterocycles. The molecule has 26 heavy (non-hydrogen) atoms. The zero-order chi connectivity index (χ0) is 19.2. The van der Waals surface area contributed by atoms with Gasteiger partial charge in [-0.1, -0.05) is 37.6 Å². The van der Waals surface area contributed by atoms with Crippen LogP contribution in [0.15, 0.2) is 59.5 Å². The van der Waals surface area contributed by atoms with E-state index in [1.54, 1.807) is 41.3 Å². The van der Waals surface area contributed by atoms with Gasteiger partial charge in [-0.3, -0.25) is 9.10 Å². The van der Waals surface area contributed by atoms with E-state index in [9.17, 15) is 13.2 Å². The molecule has 0 bridgehead atoms. The summed E-state index contributed by atoms with van der Waals surface area (Å²) in [6, 6.07) is 15.1. The summed E-state index contributed by atoms with van der Waals surface area (Å²) in [6.45, 7) is 5.27. The molecule has 2 rings (SSSR count). The smallest absolute Gasteiger partial charge is 0.264 e. The zero-order valence-electron chi connectivity index (χ0n) is 15.6. The normalized spacial score (nSPS) is 11.2. The van der Waals surface area contributed by atoms with E-state index in [2.05, 4.69) is 6.92 Å². The van der Waals surface area contributed by atoms with Crippen molar-refractivity contribution >= 4 is 21.6 Å². The highest BCUT2D eigenvalue weighted by Gasteiger charge is 2.23. The molecule has 0 N–H and O–H groups in total. The quantitative estimate of drug-likeness (QED) is 0.707. The lowest BCUT2D eigenvalue weighted by Crippen LogP contribution is -2.32. The van der Waals surface area contributed by atoms with Gasteiger partial charge in [-0.2, -0.15) is 0 Å². The Labute approximate surface area is 156 Å². The summed E-state index contributed by atoms with van der Waals surface area (Å²) in [7, 11) is -2.22. The van der Waals surface area contributed by atoms with Crippen LogP contribution in [0.5, 0.6) is 0 Å². The summed E-state index contributed by atoms with van der Waals surface area (Å²) >= 11 is 0. The highest BCUT2D eigenvalue weighted by molar-refractivity contribution is 7.92. The minimum absolute atomic E-state index is 0.112. The molecule has 0 fully saturated rings. The maximum Gasteiger partial charge on any atom is 0.264 e. The SMILES string of the molecule is CCCCN(CC)C(=O)c1cccc(S(=O)(=O)N(C)c2ccccc2)c1. The van der Waals surface area contributed by atoms with Crippen LogP contribution in [0.4, 0.5) is 5.69 Å². The Morgan fingerprint density at radius 2 is 1.69 bits per heavy atom. The molecule has 0 aliphatic carbocycles. The first kappa shape index (κ1) is 20.0. The summed E-state index contributed by atoms with van der Waals surface area (Å²) in [5.74, 6) is -0.139. The molecule has 0 atom stereocenters. The third-order valence-corrected chi connectivity index (χ3v) is 6.09. The number of carbonyl (C=O) groups is 1. The number of unbranched alkanes of at least 4 members (excludes halogenated alkanes) is 1. The van der Waals surface area contributed by atoms with Crippen molar-refractivity contribution in [3.63, 3.8) is 0 Å². The second-order valence-corrected chi connectivity index (χ2v) is 8.04. The Kier molecular flexibility index (Phi) is 6.80. The fraction of sp³-hybridized carbons (Fsp3) is 0.350. The molecule has 0 aliphatic heterocycles. The monoisotopic (exact) mass is 374 g/mol. The van der Waals surface area contributed by atoms with Crippen molar-refractivity contribution in [2.75, 3.05) is 24.4 Å². The van der Waals surface area contributed by atoms with Gasteiger partial charge in [0.05, 0.1) is 10.6 Å². The first-order valence-corrected chi connectivity index (χ1v) is 10.3. The first-order chi connectivity index (χ1) is 12.4. The molecule has 0 heterocycles. The second-order valence-electron chi connectivity index (χ2n) is 6.07. The van der Waals surface area contributed by atoms with Gasteiger partial charge < -0.3 is 4.90 Å². The van der Waals surface area contributed by atoms with Gasteiger partial charge in [0.15, 0.2) is 0 Å². The number of para-hydroxylation sites is 1. The Bertz CT molecular complexity index is 835. The highest BCUT2D eigenvalue weighted by Crippen LogP contribution is 2.22. The number of hydrogen-bond donors (Lipinski definition) is 0. The molecule has 5 nitrogen and oxygen atoms in total. The van der Waals surface area contributed by atoms with Crippen molar-refractivity contribution in [3.8, 4) is 0 Å². The number of sulfonamides is 1. The zero-order valence-corrected chi connectivity index (χ0v) is 16.4. The van der Waals surface area contributed by atoms with Crippen molar-refractivity contribution in [1.29, 1.82) is 0 Å². The van der Waals surface area contributed by atoms with E-state index in [0.717, 1.165) is 12.8 Å². The Morgan fingerprint density at radius 3 is 2.31 bits per heavy atom. The average Bonchev–Trinajstić information content (AvgIpc) is 2.68. The number of benzene rings is 2. The Morgan fingerprint density at radius 1 is 1.00 bits per heavy atom. The molecule has 0 spiro atoms. The van der Waals surface area contributed by atoms with Crippen molar-refractivity contribution in [1.82, 2.24) is 4.90 Å². The number of hydrogen-bond acceptors (Lipinski definition) is 3. The molecular weight excluding hydrogens is 348 g/mol. The van der Waals surface area contributed by atoms with Gasteiger partial charge in [0.1, 0.15) is 0 Å². The molecular formula is C20H26N2O3S. The summed E-state index contributed by atoms with van der Waals surface area (Å²) < 4.78 is 27.1. The standard InChI is InChI=1S/C20H26N2O3S/c1-4-6-15-22(5-2)20(23)17-11-10-14-19(16-17)26(24,25)21(3)18-12-8-7-9-13-18/h7-14,16H,4-6,15H2,1-3H3. The fourth-order valence-corrected chi connectivity index (χ4v) is 3.90. The molecule has 2 aromatic carbocycles. The van der Waals surface area contributed by atoms with Crippen LogP contribution in [0.2, 0.25) is 0 Å². The van der Waals surface area contributed by atoms with Gasteiger partial charge in [-0.25, -0.2) is 8.42 Å². The van der Waals surface area contributed by atoms with Crippen molar-refractivity contribution in [2.45, 2.75) is 31.6 Å². The second kappa shape index (κ2) is 8.85. The number of anilines is 1. The van der Waals surface area contributed by atoms with Gasteiger partial charge in [0.25, 0.3) is 15.9 Å². The third-order valence-electron chi connectivity index (χ3n) is 4.31. The number of rotatable bonds is 8. The molecule has 0 radical (unpaired) electrons. The highest BCUT2D eigenvalue weighted by atomic mass is 32.2. The molecule has 6 heteroatoms. The van der Waals surface area contributed by atoms with Gasteiger partial charge in [-0.15, -0.1) is 0 Å². The number of amides is 1. The van der Waals surface area contributed by atoms with Crippen molar-refractivity contribution < 1.29 is 13.2 Å². The number of nitrogens with zero attached hydrogens (tertiary/aromatic N) is 2. The molecule has 0 saturated carbocycles. The van der Waals surface area contributed by atoms with E-state index in [1.165, 1.54) is 23.5 Å². The van der Waals surface area contributed by atoms with Crippen LogP contribution in [0.1, 0.15) is 37.0 Å². The van der Waals surface area contributed by atoms with Crippen molar-refractivity contribution in [2.24, 2.45) is 0 Å².